The Morgan fingerprint density at radius 3 is 2.71 bits per heavy atom. The first-order valence-electron chi connectivity index (χ1n) is 10.3. The molecular weight excluding hydrogens is 358 g/mol. The Balaban J connectivity index is 1.49. The summed E-state index contributed by atoms with van der Waals surface area (Å²) in [5.41, 5.74) is 1.05. The van der Waals surface area contributed by atoms with Gasteiger partial charge in [0, 0.05) is 12.1 Å². The highest BCUT2D eigenvalue weighted by atomic mass is 16.5. The van der Waals surface area contributed by atoms with Gasteiger partial charge in [0.2, 0.25) is 5.91 Å². The molecule has 1 saturated carbocycles. The van der Waals surface area contributed by atoms with E-state index in [4.69, 9.17) is 4.74 Å². The zero-order valence-corrected chi connectivity index (χ0v) is 16.4. The van der Waals surface area contributed by atoms with E-state index in [0.717, 1.165) is 32.1 Å². The minimum atomic E-state index is -0.382. The van der Waals surface area contributed by atoms with Crippen molar-refractivity contribution < 1.29 is 24.4 Å². The molecule has 2 aliphatic rings. The molecule has 7 heteroatoms. The first-order valence-corrected chi connectivity index (χ1v) is 10.3. The molecule has 0 bridgehead atoms. The second-order valence-electron chi connectivity index (χ2n) is 7.68. The van der Waals surface area contributed by atoms with Crippen molar-refractivity contribution in [3.8, 4) is 0 Å². The minimum absolute atomic E-state index is 0.0523. The molecule has 1 aliphatic carbocycles. The van der Waals surface area contributed by atoms with E-state index in [1.807, 2.05) is 6.92 Å². The van der Waals surface area contributed by atoms with Gasteiger partial charge in [-0.1, -0.05) is 19.8 Å². The Labute approximate surface area is 165 Å². The Morgan fingerprint density at radius 2 is 1.96 bits per heavy atom. The second kappa shape index (κ2) is 9.68. The number of carbonyl (C=O) groups is 3. The lowest BCUT2D eigenvalue weighted by Gasteiger charge is -2.37. The van der Waals surface area contributed by atoms with Gasteiger partial charge in [0.15, 0.2) is 6.04 Å². The standard InChI is InChI=1S/C21H29N3O4/c1-2-3-12-28-21(27)14-8-10-15(11-9-14)22-19(25)13-18-20(26)24-17-7-5-4-6-16(17)23-18/h8-11,16-18,23H,2-7,12-13H2,1H3,(H,22,25)(H,24,26)/p+1/t16-,17+,18+/m0/s1. The minimum Gasteiger partial charge on any atom is -0.462 e. The molecule has 28 heavy (non-hydrogen) atoms. The van der Waals surface area contributed by atoms with Gasteiger partial charge >= 0.3 is 5.97 Å². The second-order valence-corrected chi connectivity index (χ2v) is 7.68. The number of ether oxygens (including phenoxy) is 1. The van der Waals surface area contributed by atoms with E-state index >= 15 is 0 Å². The molecule has 3 atom stereocenters. The Hall–Kier alpha value is -2.41. The van der Waals surface area contributed by atoms with Crippen molar-refractivity contribution in [2.75, 3.05) is 11.9 Å². The van der Waals surface area contributed by atoms with E-state index in [0.29, 0.717) is 23.9 Å². The maximum atomic E-state index is 12.4. The molecular formula is C21H30N3O4+. The number of nitrogens with two attached hydrogens (primary N) is 1. The number of anilines is 1. The smallest absolute Gasteiger partial charge is 0.338 e. The van der Waals surface area contributed by atoms with Crippen molar-refractivity contribution in [2.24, 2.45) is 0 Å². The fourth-order valence-electron chi connectivity index (χ4n) is 3.90. The lowest BCUT2D eigenvalue weighted by Crippen LogP contribution is -3.03. The summed E-state index contributed by atoms with van der Waals surface area (Å²) in [5, 5.41) is 7.95. The van der Waals surface area contributed by atoms with Crippen LogP contribution in [-0.4, -0.2) is 42.5 Å². The van der Waals surface area contributed by atoms with Crippen molar-refractivity contribution in [1.82, 2.24) is 5.32 Å². The molecule has 1 aromatic carbocycles. The summed E-state index contributed by atoms with van der Waals surface area (Å²) in [7, 11) is 0. The average molecular weight is 388 g/mol. The van der Waals surface area contributed by atoms with E-state index < -0.39 is 0 Å². The van der Waals surface area contributed by atoms with Crippen LogP contribution in [0.2, 0.25) is 0 Å². The van der Waals surface area contributed by atoms with Gasteiger partial charge in [-0.3, -0.25) is 9.59 Å². The van der Waals surface area contributed by atoms with Crippen molar-refractivity contribution >= 4 is 23.5 Å². The van der Waals surface area contributed by atoms with Crippen LogP contribution in [0.3, 0.4) is 0 Å². The molecule has 2 amide bonds. The highest BCUT2D eigenvalue weighted by molar-refractivity contribution is 5.96. The van der Waals surface area contributed by atoms with Crippen LogP contribution >= 0.6 is 0 Å². The van der Waals surface area contributed by atoms with Crippen LogP contribution in [0.25, 0.3) is 0 Å². The normalized spacial score (nSPS) is 24.0. The van der Waals surface area contributed by atoms with Gasteiger partial charge in [0.25, 0.3) is 5.91 Å². The number of piperazine rings is 1. The number of unbranched alkanes of at least 4 members (excludes halogenated alkanes) is 1. The van der Waals surface area contributed by atoms with Crippen LogP contribution < -0.4 is 16.0 Å². The fraction of sp³-hybridized carbons (Fsp3) is 0.571. The van der Waals surface area contributed by atoms with Gasteiger partial charge in [-0.25, -0.2) is 4.79 Å². The largest absolute Gasteiger partial charge is 0.462 e. The van der Waals surface area contributed by atoms with E-state index in [2.05, 4.69) is 16.0 Å². The number of hydrogen-bond donors (Lipinski definition) is 3. The van der Waals surface area contributed by atoms with Crippen LogP contribution in [0.1, 0.15) is 62.2 Å². The number of hydrogen-bond acceptors (Lipinski definition) is 4. The van der Waals surface area contributed by atoms with E-state index in [-0.39, 0.29) is 36.3 Å². The van der Waals surface area contributed by atoms with Crippen molar-refractivity contribution in [1.29, 1.82) is 0 Å². The zero-order valence-electron chi connectivity index (χ0n) is 16.4. The Kier molecular flexibility index (Phi) is 7.03. The first kappa shape index (κ1) is 20.3. The third kappa shape index (κ3) is 5.32. The van der Waals surface area contributed by atoms with E-state index in [1.54, 1.807) is 24.3 Å². The Morgan fingerprint density at radius 1 is 1.21 bits per heavy atom. The predicted octanol–water partition coefficient (Wildman–Crippen LogP) is 1.35. The summed E-state index contributed by atoms with van der Waals surface area (Å²) in [4.78, 5) is 36.6. The third-order valence-corrected chi connectivity index (χ3v) is 5.50. The summed E-state index contributed by atoms with van der Waals surface area (Å²) in [6.45, 7) is 2.45. The van der Waals surface area contributed by atoms with Gasteiger partial charge in [-0.2, -0.15) is 0 Å². The predicted molar refractivity (Wildman–Crippen MR) is 105 cm³/mol. The summed E-state index contributed by atoms with van der Waals surface area (Å²) in [6.07, 6.45) is 6.39. The topological polar surface area (TPSA) is 101 Å². The average Bonchev–Trinajstić information content (AvgIpc) is 2.69. The number of amides is 2. The van der Waals surface area contributed by atoms with Gasteiger partial charge in [-0.15, -0.1) is 0 Å². The number of rotatable bonds is 7. The number of nitrogens with one attached hydrogen (secondary N) is 2. The molecule has 0 radical (unpaired) electrons. The zero-order chi connectivity index (χ0) is 19.9. The quantitative estimate of drug-likeness (QED) is 0.485. The van der Waals surface area contributed by atoms with Crippen molar-refractivity contribution in [3.63, 3.8) is 0 Å². The van der Waals surface area contributed by atoms with Gasteiger partial charge < -0.3 is 20.7 Å². The lowest BCUT2D eigenvalue weighted by molar-refractivity contribution is -0.718. The Bertz CT molecular complexity index is 704. The molecule has 1 heterocycles. The number of carbonyl (C=O) groups excluding carboxylic acids is 3. The van der Waals surface area contributed by atoms with Crippen LogP contribution in [0.4, 0.5) is 5.69 Å². The molecule has 3 rings (SSSR count). The van der Waals surface area contributed by atoms with Crippen LogP contribution in [0, 0.1) is 0 Å². The molecule has 1 aliphatic heterocycles. The summed E-state index contributed by atoms with van der Waals surface area (Å²) < 4.78 is 5.17. The number of fused-ring (bicyclic) bond motifs is 1. The molecule has 1 aromatic rings. The molecule has 0 spiro atoms. The third-order valence-electron chi connectivity index (χ3n) is 5.50. The molecule has 0 unspecified atom stereocenters. The van der Waals surface area contributed by atoms with Gasteiger partial charge in [-0.05, 0) is 43.5 Å². The SMILES string of the molecule is CCCCOC(=O)c1ccc(NC(=O)C[C@H]2[NH2+][C@H]3CCCC[C@H]3NC2=O)cc1. The molecule has 152 valence electrons. The van der Waals surface area contributed by atoms with Crippen molar-refractivity contribution in [2.45, 2.75) is 70.0 Å². The number of quaternary nitrogens is 1. The molecule has 2 fully saturated rings. The van der Waals surface area contributed by atoms with Gasteiger partial charge in [0.1, 0.15) is 6.04 Å². The highest BCUT2D eigenvalue weighted by Gasteiger charge is 2.40. The number of benzene rings is 1. The molecule has 7 nitrogen and oxygen atoms in total. The summed E-state index contributed by atoms with van der Waals surface area (Å²) in [5.74, 6) is -0.616. The fourth-order valence-corrected chi connectivity index (χ4v) is 3.90. The van der Waals surface area contributed by atoms with E-state index in [1.165, 1.54) is 6.42 Å². The maximum Gasteiger partial charge on any atom is 0.338 e. The van der Waals surface area contributed by atoms with E-state index in [9.17, 15) is 14.4 Å². The lowest BCUT2D eigenvalue weighted by atomic mass is 9.87. The maximum absolute atomic E-state index is 12.4. The molecule has 0 aromatic heterocycles. The number of esters is 1. The molecule has 1 saturated heterocycles. The van der Waals surface area contributed by atoms with Crippen molar-refractivity contribution in [3.05, 3.63) is 29.8 Å². The van der Waals surface area contributed by atoms with Crippen LogP contribution in [0.15, 0.2) is 24.3 Å². The monoisotopic (exact) mass is 388 g/mol. The summed E-state index contributed by atoms with van der Waals surface area (Å²) in [6, 6.07) is 6.86. The summed E-state index contributed by atoms with van der Waals surface area (Å²) >= 11 is 0. The first-order chi connectivity index (χ1) is 13.6. The molecule has 4 N–H and O–H groups in total. The van der Waals surface area contributed by atoms with Crippen LogP contribution in [0.5, 0.6) is 0 Å². The van der Waals surface area contributed by atoms with Crippen LogP contribution in [-0.2, 0) is 14.3 Å². The van der Waals surface area contributed by atoms with Gasteiger partial charge in [0.05, 0.1) is 24.6 Å². The highest BCUT2D eigenvalue weighted by Crippen LogP contribution is 2.19.